The van der Waals surface area contributed by atoms with Gasteiger partial charge in [0.25, 0.3) is 5.91 Å². The third-order valence-electron chi connectivity index (χ3n) is 6.22. The molecule has 0 radical (unpaired) electrons. The summed E-state index contributed by atoms with van der Waals surface area (Å²) >= 11 is 0. The maximum Gasteiger partial charge on any atom is 0.254 e. The van der Waals surface area contributed by atoms with Gasteiger partial charge in [-0.15, -0.1) is 0 Å². The van der Waals surface area contributed by atoms with E-state index in [1.54, 1.807) is 0 Å². The number of piperidine rings is 1. The molecule has 5 heteroatoms. The van der Waals surface area contributed by atoms with Crippen LogP contribution in [0.3, 0.4) is 0 Å². The number of nitrogens with zero attached hydrogens (tertiary/aromatic N) is 3. The number of amides is 2. The summed E-state index contributed by atoms with van der Waals surface area (Å²) in [5.74, 6) is 0.394. The Hall–Kier alpha value is -2.82. The molecule has 152 valence electrons. The van der Waals surface area contributed by atoms with Crippen LogP contribution in [0.15, 0.2) is 54.6 Å². The molecular weight excluding hydrogens is 362 g/mol. The van der Waals surface area contributed by atoms with Gasteiger partial charge in [-0.2, -0.15) is 0 Å². The monoisotopic (exact) mass is 391 g/mol. The number of para-hydroxylation sites is 1. The number of piperazine rings is 1. The zero-order valence-electron chi connectivity index (χ0n) is 17.1. The summed E-state index contributed by atoms with van der Waals surface area (Å²) in [7, 11) is 0. The van der Waals surface area contributed by atoms with Crippen LogP contribution < -0.4 is 4.90 Å². The first-order chi connectivity index (χ1) is 14.1. The summed E-state index contributed by atoms with van der Waals surface area (Å²) in [6, 6.07) is 18.1. The molecule has 0 spiro atoms. The fraction of sp³-hybridized carbons (Fsp3) is 0.417. The maximum atomic E-state index is 13.0. The fourth-order valence-corrected chi connectivity index (χ4v) is 4.39. The van der Waals surface area contributed by atoms with Crippen LogP contribution in [0.4, 0.5) is 5.69 Å². The van der Waals surface area contributed by atoms with Gasteiger partial charge < -0.3 is 14.7 Å². The molecule has 0 unspecified atom stereocenters. The molecule has 5 nitrogen and oxygen atoms in total. The highest BCUT2D eigenvalue weighted by Gasteiger charge is 2.32. The Morgan fingerprint density at radius 3 is 2.03 bits per heavy atom. The van der Waals surface area contributed by atoms with E-state index in [-0.39, 0.29) is 17.7 Å². The highest BCUT2D eigenvalue weighted by atomic mass is 16.2. The van der Waals surface area contributed by atoms with E-state index in [2.05, 4.69) is 29.2 Å². The zero-order chi connectivity index (χ0) is 20.2. The second-order valence-electron chi connectivity index (χ2n) is 8.03. The number of carbonyl (C=O) groups is 2. The average molecular weight is 392 g/mol. The predicted molar refractivity (Wildman–Crippen MR) is 115 cm³/mol. The Kier molecular flexibility index (Phi) is 5.84. The van der Waals surface area contributed by atoms with E-state index in [0.29, 0.717) is 13.1 Å². The molecule has 2 aliphatic rings. The molecule has 0 aliphatic carbocycles. The summed E-state index contributed by atoms with van der Waals surface area (Å²) in [6.45, 7) is 6.59. The van der Waals surface area contributed by atoms with Gasteiger partial charge in [0.05, 0.1) is 0 Å². The van der Waals surface area contributed by atoms with Crippen LogP contribution in [0.1, 0.15) is 28.8 Å². The minimum absolute atomic E-state index is 0.0409. The number of aryl methyl sites for hydroxylation is 1. The molecule has 2 aliphatic heterocycles. The van der Waals surface area contributed by atoms with E-state index in [0.717, 1.165) is 50.1 Å². The summed E-state index contributed by atoms with van der Waals surface area (Å²) in [5.41, 5.74) is 3.00. The fourth-order valence-electron chi connectivity index (χ4n) is 4.39. The Bertz CT molecular complexity index is 851. The van der Waals surface area contributed by atoms with Crippen LogP contribution in [-0.4, -0.2) is 60.9 Å². The zero-order valence-corrected chi connectivity index (χ0v) is 17.1. The minimum atomic E-state index is 0.0409. The molecular formula is C24H29N3O2. The third-order valence-corrected chi connectivity index (χ3v) is 6.22. The highest BCUT2D eigenvalue weighted by Crippen LogP contribution is 2.23. The maximum absolute atomic E-state index is 13.0. The van der Waals surface area contributed by atoms with Crippen molar-refractivity contribution in [1.82, 2.24) is 9.80 Å². The van der Waals surface area contributed by atoms with E-state index in [1.807, 2.05) is 47.1 Å². The first-order valence-electron chi connectivity index (χ1n) is 10.6. The molecule has 2 heterocycles. The summed E-state index contributed by atoms with van der Waals surface area (Å²) in [6.07, 6.45) is 1.52. The number of rotatable bonds is 3. The van der Waals surface area contributed by atoms with Crippen molar-refractivity contribution in [3.8, 4) is 0 Å². The van der Waals surface area contributed by atoms with E-state index in [9.17, 15) is 9.59 Å². The molecule has 2 aromatic carbocycles. The van der Waals surface area contributed by atoms with Gasteiger partial charge in [-0.25, -0.2) is 0 Å². The SMILES string of the molecule is Cc1ccccc1C(=O)N1CCC(C(=O)N2CCN(c3ccccc3)CC2)CC1. The van der Waals surface area contributed by atoms with E-state index >= 15 is 0 Å². The van der Waals surface area contributed by atoms with Crippen molar-refractivity contribution in [3.05, 3.63) is 65.7 Å². The molecule has 0 atom stereocenters. The van der Waals surface area contributed by atoms with Crippen LogP contribution in [0.25, 0.3) is 0 Å². The Balaban J connectivity index is 1.28. The van der Waals surface area contributed by atoms with Crippen molar-refractivity contribution in [2.75, 3.05) is 44.2 Å². The number of hydrogen-bond acceptors (Lipinski definition) is 3. The van der Waals surface area contributed by atoms with Gasteiger partial charge in [-0.05, 0) is 43.5 Å². The van der Waals surface area contributed by atoms with Crippen molar-refractivity contribution in [2.24, 2.45) is 5.92 Å². The van der Waals surface area contributed by atoms with Crippen LogP contribution >= 0.6 is 0 Å². The molecule has 0 bridgehead atoms. The van der Waals surface area contributed by atoms with Crippen molar-refractivity contribution in [1.29, 1.82) is 0 Å². The second-order valence-corrected chi connectivity index (χ2v) is 8.03. The van der Waals surface area contributed by atoms with Gasteiger partial charge in [0.15, 0.2) is 0 Å². The quantitative estimate of drug-likeness (QED) is 0.807. The standard InChI is InChI=1S/C24H29N3O2/c1-19-7-5-6-10-22(19)24(29)26-13-11-20(12-14-26)23(28)27-17-15-25(16-18-27)21-8-3-2-4-9-21/h2-10,20H,11-18H2,1H3. The van der Waals surface area contributed by atoms with Gasteiger partial charge >= 0.3 is 0 Å². The molecule has 0 saturated carbocycles. The average Bonchev–Trinajstić information content (AvgIpc) is 2.79. The first-order valence-corrected chi connectivity index (χ1v) is 10.6. The van der Waals surface area contributed by atoms with Crippen molar-refractivity contribution in [3.63, 3.8) is 0 Å². The van der Waals surface area contributed by atoms with Gasteiger partial charge in [-0.3, -0.25) is 9.59 Å². The second kappa shape index (κ2) is 8.68. The smallest absolute Gasteiger partial charge is 0.254 e. The lowest BCUT2D eigenvalue weighted by Gasteiger charge is -2.39. The van der Waals surface area contributed by atoms with Gasteiger partial charge in [-0.1, -0.05) is 36.4 Å². The predicted octanol–water partition coefficient (Wildman–Crippen LogP) is 3.20. The highest BCUT2D eigenvalue weighted by molar-refractivity contribution is 5.95. The van der Waals surface area contributed by atoms with Crippen LogP contribution in [0.2, 0.25) is 0 Å². The third kappa shape index (κ3) is 4.29. The van der Waals surface area contributed by atoms with E-state index in [4.69, 9.17) is 0 Å². The normalized spacial score (nSPS) is 18.0. The molecule has 2 fully saturated rings. The van der Waals surface area contributed by atoms with Crippen LogP contribution in [0.5, 0.6) is 0 Å². The Morgan fingerprint density at radius 1 is 0.759 bits per heavy atom. The molecule has 0 N–H and O–H groups in total. The molecule has 2 amide bonds. The van der Waals surface area contributed by atoms with Gasteiger partial charge in [0.2, 0.25) is 5.91 Å². The molecule has 4 rings (SSSR count). The summed E-state index contributed by atoms with van der Waals surface area (Å²) in [4.78, 5) is 32.1. The number of hydrogen-bond donors (Lipinski definition) is 0. The number of likely N-dealkylation sites (tertiary alicyclic amines) is 1. The lowest BCUT2D eigenvalue weighted by Crippen LogP contribution is -2.52. The minimum Gasteiger partial charge on any atom is -0.368 e. The van der Waals surface area contributed by atoms with E-state index < -0.39 is 0 Å². The van der Waals surface area contributed by atoms with Crippen molar-refractivity contribution in [2.45, 2.75) is 19.8 Å². The lowest BCUT2D eigenvalue weighted by atomic mass is 9.94. The Labute approximate surface area is 172 Å². The van der Waals surface area contributed by atoms with Crippen molar-refractivity contribution >= 4 is 17.5 Å². The molecule has 2 saturated heterocycles. The first kappa shape index (κ1) is 19.5. The molecule has 29 heavy (non-hydrogen) atoms. The van der Waals surface area contributed by atoms with Crippen LogP contribution in [-0.2, 0) is 4.79 Å². The molecule has 2 aromatic rings. The van der Waals surface area contributed by atoms with Gasteiger partial charge in [0, 0.05) is 56.4 Å². The topological polar surface area (TPSA) is 43.9 Å². The Morgan fingerprint density at radius 2 is 1.38 bits per heavy atom. The van der Waals surface area contributed by atoms with E-state index in [1.165, 1.54) is 5.69 Å². The molecule has 0 aromatic heterocycles. The number of carbonyl (C=O) groups excluding carboxylic acids is 2. The van der Waals surface area contributed by atoms with Gasteiger partial charge in [0.1, 0.15) is 0 Å². The summed E-state index contributed by atoms with van der Waals surface area (Å²) in [5, 5.41) is 0. The number of benzene rings is 2. The largest absolute Gasteiger partial charge is 0.368 e. The number of anilines is 1. The van der Waals surface area contributed by atoms with Crippen molar-refractivity contribution < 1.29 is 9.59 Å². The lowest BCUT2D eigenvalue weighted by molar-refractivity contribution is -0.137. The summed E-state index contributed by atoms with van der Waals surface area (Å²) < 4.78 is 0. The van der Waals surface area contributed by atoms with Crippen LogP contribution in [0, 0.1) is 12.8 Å².